The average Bonchev–Trinajstić information content (AvgIpc) is 2.95. The Morgan fingerprint density at radius 3 is 2.35 bits per heavy atom. The van der Waals surface area contributed by atoms with Crippen LogP contribution < -0.4 is 0 Å². The Kier molecular flexibility index (Phi) is 10.0. The van der Waals surface area contributed by atoms with Crippen LogP contribution in [0.25, 0.3) is 0 Å². The Labute approximate surface area is 233 Å². The van der Waals surface area contributed by atoms with Crippen molar-refractivity contribution in [2.45, 2.75) is 27.7 Å². The van der Waals surface area contributed by atoms with Crippen molar-refractivity contribution in [2.24, 2.45) is 5.92 Å². The third-order valence-corrected chi connectivity index (χ3v) is 6.01. The van der Waals surface area contributed by atoms with Crippen molar-refractivity contribution in [3.63, 3.8) is 0 Å². The fraction of sp³-hybridized carbons (Fsp3) is 0.290. The number of nitrogens with zero attached hydrogens (tertiary/aromatic N) is 1. The molecule has 3 aliphatic heterocycles. The zero-order chi connectivity index (χ0) is 29.4. The number of amides is 1. The van der Waals surface area contributed by atoms with Gasteiger partial charge in [0.25, 0.3) is 5.78 Å². The van der Waals surface area contributed by atoms with Crippen molar-refractivity contribution in [1.29, 1.82) is 0 Å². The van der Waals surface area contributed by atoms with Crippen LogP contribution in [0.15, 0.2) is 106 Å². The van der Waals surface area contributed by atoms with Crippen molar-refractivity contribution < 1.29 is 38.1 Å². The highest BCUT2D eigenvalue weighted by Crippen LogP contribution is 2.31. The summed E-state index contributed by atoms with van der Waals surface area (Å²) in [7, 11) is 2.88. The van der Waals surface area contributed by atoms with E-state index >= 15 is 0 Å². The maximum atomic E-state index is 13.4. The van der Waals surface area contributed by atoms with Gasteiger partial charge in [-0.15, -0.1) is 0 Å². The highest BCUT2D eigenvalue weighted by Gasteiger charge is 2.36. The maximum absolute atomic E-state index is 13.4. The van der Waals surface area contributed by atoms with Gasteiger partial charge in [0.1, 0.15) is 5.70 Å². The van der Waals surface area contributed by atoms with E-state index in [1.165, 1.54) is 32.4 Å². The number of rotatable bonds is 2. The molecule has 0 saturated carbocycles. The largest absolute Gasteiger partial charge is 0.493 e. The number of methoxy groups -OCH3 is 2. The maximum Gasteiger partial charge on any atom is 0.355 e. The van der Waals surface area contributed by atoms with E-state index in [0.29, 0.717) is 5.57 Å². The second-order valence-electron chi connectivity index (χ2n) is 9.40. The smallest absolute Gasteiger partial charge is 0.355 e. The van der Waals surface area contributed by atoms with Crippen molar-refractivity contribution in [2.75, 3.05) is 27.4 Å². The number of hydrogen-bond acceptors (Lipinski definition) is 8. The first-order chi connectivity index (χ1) is 19.0. The molecular formula is C31H33NO8. The van der Waals surface area contributed by atoms with Gasteiger partial charge in [0.15, 0.2) is 23.1 Å². The fourth-order valence-corrected chi connectivity index (χ4v) is 3.95. The molecule has 0 spiro atoms. The van der Waals surface area contributed by atoms with Crippen LogP contribution in [-0.4, -0.2) is 55.7 Å². The average molecular weight is 548 g/mol. The van der Waals surface area contributed by atoms with Gasteiger partial charge >= 0.3 is 11.9 Å². The van der Waals surface area contributed by atoms with E-state index in [0.717, 1.165) is 16.0 Å². The predicted octanol–water partition coefficient (Wildman–Crippen LogP) is 4.30. The fourth-order valence-electron chi connectivity index (χ4n) is 3.95. The highest BCUT2D eigenvalue weighted by atomic mass is 16.6. The molecule has 1 amide bonds. The van der Waals surface area contributed by atoms with Crippen LogP contribution in [0.2, 0.25) is 0 Å². The van der Waals surface area contributed by atoms with Crippen LogP contribution in [0.4, 0.5) is 0 Å². The Balaban J connectivity index is 2.12. The summed E-state index contributed by atoms with van der Waals surface area (Å²) in [6.07, 6.45) is 15.9. The van der Waals surface area contributed by atoms with Crippen molar-refractivity contribution >= 4 is 23.4 Å². The minimum atomic E-state index is -0.963. The van der Waals surface area contributed by atoms with Gasteiger partial charge < -0.3 is 18.9 Å². The summed E-state index contributed by atoms with van der Waals surface area (Å²) in [5.41, 5.74) is 1.83. The lowest BCUT2D eigenvalue weighted by atomic mass is 10.1. The monoisotopic (exact) mass is 547 g/mol. The summed E-state index contributed by atoms with van der Waals surface area (Å²) in [5, 5.41) is 0. The molecule has 1 unspecified atom stereocenters. The molecule has 0 N–H and O–H groups in total. The SMILES string of the molecule is COC1=CC(C)=C2OC1=C(OC)C=C(C)C=C(C)C=CC(=O)C=CC(C)COC(=O)C1=CC=CCN1C(=O)C2=O. The molecule has 2 bridgehead atoms. The van der Waals surface area contributed by atoms with Crippen molar-refractivity contribution in [1.82, 2.24) is 4.90 Å². The van der Waals surface area contributed by atoms with Gasteiger partial charge in [0.2, 0.25) is 5.76 Å². The standard InChI is InChI=1S/C31H33NO8/c1-19-10-12-23(33)13-11-20(2)18-39-31(36)24-9-7-8-14-32(24)30(35)27(34)28-22(4)17-26(38-6)29(40-28)25(37-5)16-21(3)15-19/h7-13,15-17,20H,14,18H2,1-6H3. The molecule has 0 aliphatic carbocycles. The number of hydrogen-bond donors (Lipinski definition) is 0. The molecule has 0 aromatic heterocycles. The van der Waals surface area contributed by atoms with E-state index in [1.807, 2.05) is 19.9 Å². The zero-order valence-corrected chi connectivity index (χ0v) is 23.5. The van der Waals surface area contributed by atoms with E-state index in [2.05, 4.69) is 0 Å². The van der Waals surface area contributed by atoms with E-state index in [1.54, 1.807) is 50.3 Å². The molecule has 40 heavy (non-hydrogen) atoms. The summed E-state index contributed by atoms with van der Waals surface area (Å²) < 4.78 is 22.4. The molecule has 1 atom stereocenters. The third kappa shape index (κ3) is 7.25. The molecule has 0 aromatic carbocycles. The third-order valence-electron chi connectivity index (χ3n) is 6.01. The summed E-state index contributed by atoms with van der Waals surface area (Å²) in [4.78, 5) is 53.1. The molecule has 0 fully saturated rings. The molecule has 0 saturated heterocycles. The zero-order valence-electron chi connectivity index (χ0n) is 23.5. The van der Waals surface area contributed by atoms with E-state index in [-0.39, 0.29) is 53.6 Å². The van der Waals surface area contributed by atoms with Gasteiger partial charge in [-0.1, -0.05) is 42.9 Å². The Morgan fingerprint density at radius 2 is 1.65 bits per heavy atom. The van der Waals surface area contributed by atoms with Crippen LogP contribution in [0.5, 0.6) is 0 Å². The molecule has 210 valence electrons. The second kappa shape index (κ2) is 13.4. The molecule has 3 heterocycles. The first kappa shape index (κ1) is 29.9. The van der Waals surface area contributed by atoms with Gasteiger partial charge in [-0.2, -0.15) is 0 Å². The van der Waals surface area contributed by atoms with Crippen LogP contribution in [0.1, 0.15) is 27.7 Å². The molecule has 9 heteroatoms. The van der Waals surface area contributed by atoms with Gasteiger partial charge in [0, 0.05) is 12.5 Å². The minimum absolute atomic E-state index is 0.00702. The van der Waals surface area contributed by atoms with E-state index in [4.69, 9.17) is 18.9 Å². The molecular weight excluding hydrogens is 514 g/mol. The number of Topliss-reactive ketones (excluding diaryl/α,β-unsaturated/α-hetero) is 1. The lowest BCUT2D eigenvalue weighted by Gasteiger charge is -2.26. The minimum Gasteiger partial charge on any atom is -0.493 e. The summed E-state index contributed by atoms with van der Waals surface area (Å²) in [6.45, 7) is 7.03. The Morgan fingerprint density at radius 1 is 0.900 bits per heavy atom. The summed E-state index contributed by atoms with van der Waals surface area (Å²) in [6, 6.07) is 0. The quantitative estimate of drug-likeness (QED) is 0.372. The van der Waals surface area contributed by atoms with Gasteiger partial charge in [-0.3, -0.25) is 19.3 Å². The first-order valence-electron chi connectivity index (χ1n) is 12.7. The van der Waals surface area contributed by atoms with Crippen LogP contribution in [0, 0.1) is 5.92 Å². The normalized spacial score (nSPS) is 21.4. The summed E-state index contributed by atoms with van der Waals surface area (Å²) >= 11 is 0. The second-order valence-corrected chi connectivity index (χ2v) is 9.40. The number of fused-ring (bicyclic) bond motifs is 3. The van der Waals surface area contributed by atoms with Crippen molar-refractivity contribution in [3.05, 3.63) is 106 Å². The lowest BCUT2D eigenvalue weighted by molar-refractivity contribution is -0.148. The van der Waals surface area contributed by atoms with Crippen LogP contribution >= 0.6 is 0 Å². The Bertz CT molecular complexity index is 1380. The van der Waals surface area contributed by atoms with Crippen LogP contribution in [-0.2, 0) is 38.1 Å². The number of ether oxygens (including phenoxy) is 4. The van der Waals surface area contributed by atoms with E-state index < -0.39 is 17.7 Å². The topological polar surface area (TPSA) is 108 Å². The van der Waals surface area contributed by atoms with Gasteiger partial charge in [-0.05, 0) is 62.3 Å². The van der Waals surface area contributed by atoms with E-state index in [9.17, 15) is 19.2 Å². The number of carbonyl (C=O) groups excluding carboxylic acids is 4. The molecule has 0 aromatic rings. The highest BCUT2D eigenvalue weighted by molar-refractivity contribution is 6.43. The molecule has 9 nitrogen and oxygen atoms in total. The molecule has 3 rings (SSSR count). The number of cyclic esters (lactones) is 1. The molecule has 3 aliphatic rings. The number of ketones is 2. The predicted molar refractivity (Wildman–Crippen MR) is 148 cm³/mol. The Hall–Kier alpha value is -4.66. The number of allylic oxidation sites excluding steroid dienone is 11. The first-order valence-corrected chi connectivity index (χ1v) is 12.7. The number of esters is 1. The molecule has 0 radical (unpaired) electrons. The van der Waals surface area contributed by atoms with Gasteiger partial charge in [0.05, 0.1) is 20.8 Å². The van der Waals surface area contributed by atoms with Gasteiger partial charge in [-0.25, -0.2) is 4.79 Å². The summed E-state index contributed by atoms with van der Waals surface area (Å²) in [5.74, 6) is -2.78. The van der Waals surface area contributed by atoms with Crippen LogP contribution in [0.3, 0.4) is 0 Å². The van der Waals surface area contributed by atoms with Crippen molar-refractivity contribution in [3.8, 4) is 0 Å². The lowest BCUT2D eigenvalue weighted by Crippen LogP contribution is -2.41. The number of carbonyl (C=O) groups is 4.